The van der Waals surface area contributed by atoms with E-state index in [9.17, 15) is 28.3 Å². The number of likely N-dealkylation sites (tertiary alicyclic amines) is 1. The molecule has 0 unspecified atom stereocenters. The molecule has 2 fully saturated rings. The number of methoxy groups -OCH3 is 1. The fourth-order valence-electron chi connectivity index (χ4n) is 6.50. The predicted octanol–water partition coefficient (Wildman–Crippen LogP) is 5.84. The molecular weight excluding hydrogens is 598 g/mol. The number of fused-ring (bicyclic) bond motifs is 1. The van der Waals surface area contributed by atoms with E-state index in [1.165, 1.54) is 36.4 Å². The minimum absolute atomic E-state index is 0.0790. The van der Waals surface area contributed by atoms with E-state index in [1.807, 2.05) is 30.3 Å². The van der Waals surface area contributed by atoms with Crippen LogP contribution in [0.25, 0.3) is 11.0 Å². The van der Waals surface area contributed by atoms with Gasteiger partial charge < -0.3 is 24.8 Å². The first kappa shape index (κ1) is 31.2. The van der Waals surface area contributed by atoms with Crippen LogP contribution in [-0.4, -0.2) is 69.2 Å². The van der Waals surface area contributed by atoms with Crippen molar-refractivity contribution in [3.05, 3.63) is 90.1 Å². The topological polar surface area (TPSA) is 123 Å². The molecule has 0 bridgehead atoms. The number of halogens is 2. The number of hydrogen-bond donors (Lipinski definition) is 2. The highest BCUT2D eigenvalue weighted by Gasteiger charge is 2.53. The van der Waals surface area contributed by atoms with Gasteiger partial charge in [-0.3, -0.25) is 14.2 Å². The maximum absolute atomic E-state index is 14.7. The lowest BCUT2D eigenvalue weighted by molar-refractivity contribution is -0.146. The second kappa shape index (κ2) is 12.5. The van der Waals surface area contributed by atoms with Crippen molar-refractivity contribution in [2.45, 2.75) is 62.2 Å². The Balaban J connectivity index is 1.30. The second-order valence-electron chi connectivity index (χ2n) is 11.9. The van der Waals surface area contributed by atoms with Gasteiger partial charge in [0.2, 0.25) is 17.7 Å². The van der Waals surface area contributed by atoms with E-state index in [2.05, 4.69) is 10.3 Å². The summed E-state index contributed by atoms with van der Waals surface area (Å²) in [6.45, 7) is 0.377. The van der Waals surface area contributed by atoms with E-state index in [0.29, 0.717) is 22.3 Å². The normalized spacial score (nSPS) is 20.4. The van der Waals surface area contributed by atoms with Gasteiger partial charge in [0.1, 0.15) is 17.6 Å². The average Bonchev–Trinajstić information content (AvgIpc) is 3.69. The van der Waals surface area contributed by atoms with Crippen LogP contribution in [0, 0.1) is 0 Å². The molecule has 0 spiro atoms. The van der Waals surface area contributed by atoms with E-state index in [1.54, 1.807) is 24.3 Å². The Kier molecular flexibility index (Phi) is 8.47. The molecule has 1 saturated heterocycles. The maximum Gasteiger partial charge on any atom is 0.416 e. The number of carbonyl (C=O) groups excluding carboxylic acids is 2. The number of amides is 2. The summed E-state index contributed by atoms with van der Waals surface area (Å²) < 4.78 is 41.5. The molecule has 1 saturated carbocycles. The van der Waals surface area contributed by atoms with Gasteiger partial charge in [-0.1, -0.05) is 42.5 Å². The molecule has 2 aromatic heterocycles. The van der Waals surface area contributed by atoms with Gasteiger partial charge in [-0.05, 0) is 54.3 Å². The summed E-state index contributed by atoms with van der Waals surface area (Å²) >= 11 is 0. The third-order valence-corrected chi connectivity index (χ3v) is 9.04. The molecule has 2 aromatic carbocycles. The molecule has 2 N–H and O–H groups in total. The zero-order valence-corrected chi connectivity index (χ0v) is 25.2. The van der Waals surface area contributed by atoms with Crippen LogP contribution in [0.2, 0.25) is 0 Å². The number of nitrogens with one attached hydrogen (secondary N) is 1. The van der Waals surface area contributed by atoms with Gasteiger partial charge in [-0.15, -0.1) is 0 Å². The number of aromatic nitrogens is 2. The summed E-state index contributed by atoms with van der Waals surface area (Å²) in [6.07, 6.45) is -1.17. The second-order valence-corrected chi connectivity index (χ2v) is 11.9. The lowest BCUT2D eigenvalue weighted by Crippen LogP contribution is -2.54. The van der Waals surface area contributed by atoms with Crippen LogP contribution in [0.15, 0.2) is 79.0 Å². The van der Waals surface area contributed by atoms with Crippen molar-refractivity contribution in [3.8, 4) is 5.75 Å². The summed E-state index contributed by atoms with van der Waals surface area (Å²) in [6, 6.07) is 20.0. The van der Waals surface area contributed by atoms with E-state index >= 15 is 0 Å². The van der Waals surface area contributed by atoms with Gasteiger partial charge in [0.25, 0.3) is 0 Å². The van der Waals surface area contributed by atoms with Crippen molar-refractivity contribution in [1.29, 1.82) is 0 Å². The molecule has 10 nitrogen and oxygen atoms in total. The minimum atomic E-state index is -2.89. The largest absolute Gasteiger partial charge is 0.497 e. The maximum atomic E-state index is 14.7. The number of nitrogens with zero attached hydrogens (tertiary/aromatic N) is 3. The lowest BCUT2D eigenvalue weighted by Gasteiger charge is -2.42. The molecule has 0 radical (unpaired) electrons. The van der Waals surface area contributed by atoms with Gasteiger partial charge >= 0.3 is 6.09 Å². The quantitative estimate of drug-likeness (QED) is 0.250. The molecule has 46 heavy (non-hydrogen) atoms. The van der Waals surface area contributed by atoms with Crippen LogP contribution < -0.4 is 10.1 Å². The molecule has 1 aliphatic heterocycles. The average molecular weight is 633 g/mol. The first-order chi connectivity index (χ1) is 22.1. The summed E-state index contributed by atoms with van der Waals surface area (Å²) in [7, 11) is 1.52. The number of ether oxygens (including phenoxy) is 2. The lowest BCUT2D eigenvalue weighted by atomic mass is 9.67. The number of anilines is 1. The first-order valence-corrected chi connectivity index (χ1v) is 15.1. The molecule has 2 atom stereocenters. The van der Waals surface area contributed by atoms with Crippen molar-refractivity contribution in [3.63, 3.8) is 0 Å². The van der Waals surface area contributed by atoms with Gasteiger partial charge in [0.15, 0.2) is 0 Å². The zero-order valence-electron chi connectivity index (χ0n) is 25.2. The van der Waals surface area contributed by atoms with Crippen LogP contribution in [0.5, 0.6) is 5.75 Å². The van der Waals surface area contributed by atoms with Crippen LogP contribution in [-0.2, 0) is 26.3 Å². The number of pyridine rings is 1. The summed E-state index contributed by atoms with van der Waals surface area (Å²) in [4.78, 5) is 45.9. The Hall–Kier alpha value is -4.84. The Morgan fingerprint density at radius 3 is 2.37 bits per heavy atom. The van der Waals surface area contributed by atoms with Crippen molar-refractivity contribution in [1.82, 2.24) is 14.5 Å². The zero-order chi connectivity index (χ0) is 32.5. The Bertz CT molecular complexity index is 1730. The van der Waals surface area contributed by atoms with Gasteiger partial charge in [-0.2, -0.15) is 0 Å². The van der Waals surface area contributed by atoms with Crippen molar-refractivity contribution in [2.75, 3.05) is 19.0 Å². The van der Waals surface area contributed by atoms with E-state index in [4.69, 9.17) is 9.47 Å². The third kappa shape index (κ3) is 6.17. The highest BCUT2D eigenvalue weighted by Crippen LogP contribution is 2.47. The standard InChI is InChI=1S/C34H34F2N4O6/c1-45-24-9-7-23(8-10-24)33(14-16-34(35,36)17-15-33)31(42)40-20-25(46-21-22-5-3-2-4-6-22)19-28(40)30(41)38-29-12-11-27-26(37-29)13-18-39(27)32(43)44/h2-13,18,25,28H,14-17,19-21H2,1H3,(H,43,44)(H,37,38,41)/t25-,28+/m0/s1. The number of alkyl halides is 2. The smallest absolute Gasteiger partial charge is 0.416 e. The number of carboxylic acid groups (broad SMARTS) is 1. The van der Waals surface area contributed by atoms with Crippen LogP contribution in [0.1, 0.15) is 43.2 Å². The highest BCUT2D eigenvalue weighted by molar-refractivity contribution is 6.00. The minimum Gasteiger partial charge on any atom is -0.497 e. The number of rotatable bonds is 8. The Labute approximate surface area is 263 Å². The number of carbonyl (C=O) groups is 3. The van der Waals surface area contributed by atoms with Gasteiger partial charge in [-0.25, -0.2) is 18.6 Å². The Morgan fingerprint density at radius 1 is 0.978 bits per heavy atom. The number of benzene rings is 2. The predicted molar refractivity (Wildman–Crippen MR) is 165 cm³/mol. The molecule has 2 aliphatic rings. The van der Waals surface area contributed by atoms with Crippen LogP contribution in [0.3, 0.4) is 0 Å². The van der Waals surface area contributed by atoms with Crippen LogP contribution >= 0.6 is 0 Å². The SMILES string of the molecule is COc1ccc(C2(C(=O)N3C[C@@H](OCc4ccccc4)C[C@@H]3C(=O)Nc3ccc4c(ccn4C(=O)O)n3)CCC(F)(F)CC2)cc1. The van der Waals surface area contributed by atoms with Crippen molar-refractivity contribution in [2.24, 2.45) is 0 Å². The van der Waals surface area contributed by atoms with Gasteiger partial charge in [0.05, 0.1) is 36.3 Å². The first-order valence-electron chi connectivity index (χ1n) is 15.1. The highest BCUT2D eigenvalue weighted by atomic mass is 19.3. The number of hydrogen-bond acceptors (Lipinski definition) is 6. The summed E-state index contributed by atoms with van der Waals surface area (Å²) in [5.41, 5.74) is 0.982. The van der Waals surface area contributed by atoms with Crippen molar-refractivity contribution < 1.29 is 37.7 Å². The van der Waals surface area contributed by atoms with Gasteiger partial charge in [0, 0.05) is 32.0 Å². The molecule has 1 aliphatic carbocycles. The monoisotopic (exact) mass is 632 g/mol. The molecule has 3 heterocycles. The molecule has 240 valence electrons. The molecular formula is C34H34F2N4O6. The molecule has 6 rings (SSSR count). The fraction of sp³-hybridized carbons (Fsp3) is 0.353. The molecule has 4 aromatic rings. The third-order valence-electron chi connectivity index (χ3n) is 9.04. The van der Waals surface area contributed by atoms with Crippen LogP contribution in [0.4, 0.5) is 19.4 Å². The van der Waals surface area contributed by atoms with E-state index in [0.717, 1.165) is 10.1 Å². The summed E-state index contributed by atoms with van der Waals surface area (Å²) in [5, 5.41) is 12.2. The van der Waals surface area contributed by atoms with E-state index < -0.39 is 54.2 Å². The summed E-state index contributed by atoms with van der Waals surface area (Å²) in [5.74, 6) is -3.04. The van der Waals surface area contributed by atoms with E-state index in [-0.39, 0.29) is 38.2 Å². The van der Waals surface area contributed by atoms with Crippen molar-refractivity contribution >= 4 is 34.8 Å². The fourth-order valence-corrected chi connectivity index (χ4v) is 6.50. The molecule has 2 amide bonds. The molecule has 12 heteroatoms. The Morgan fingerprint density at radius 2 is 1.70 bits per heavy atom.